The first kappa shape index (κ1) is 25.2. The van der Waals surface area contributed by atoms with Gasteiger partial charge in [0.15, 0.2) is 0 Å². The maximum atomic E-state index is 12.9. The molecule has 0 bridgehead atoms. The first-order chi connectivity index (χ1) is 15.3. The number of aliphatic hydroxyl groups is 2. The van der Waals surface area contributed by atoms with Crippen molar-refractivity contribution >= 4 is 33.3 Å². The Kier molecular flexibility index (Phi) is 7.53. The molecule has 184 valence electrons. The molecule has 2 aromatic heterocycles. The second-order valence-electron chi connectivity index (χ2n) is 7.36. The predicted molar refractivity (Wildman–Crippen MR) is 105 cm³/mol. The molecule has 2 aromatic rings. The van der Waals surface area contributed by atoms with Crippen LogP contribution in [0, 0.1) is 0 Å². The molecule has 15 heteroatoms. The van der Waals surface area contributed by atoms with Crippen molar-refractivity contribution in [3.05, 3.63) is 10.9 Å². The van der Waals surface area contributed by atoms with Crippen molar-refractivity contribution in [2.45, 2.75) is 31.3 Å². The molecule has 8 nitrogen and oxygen atoms in total. The van der Waals surface area contributed by atoms with E-state index < -0.39 is 43.8 Å². The molecule has 0 spiro atoms. The van der Waals surface area contributed by atoms with Crippen LogP contribution in [0.4, 0.5) is 32.2 Å². The van der Waals surface area contributed by atoms with Crippen molar-refractivity contribution in [3.63, 3.8) is 0 Å². The van der Waals surface area contributed by atoms with Gasteiger partial charge in [0.05, 0.1) is 18.4 Å². The second kappa shape index (κ2) is 9.85. The van der Waals surface area contributed by atoms with Crippen LogP contribution in [0.1, 0.15) is 11.3 Å². The Labute approximate surface area is 187 Å². The lowest BCUT2D eigenvalue weighted by Crippen LogP contribution is -2.49. The zero-order chi connectivity index (χ0) is 24.4. The first-order valence-electron chi connectivity index (χ1n) is 9.73. The zero-order valence-corrected chi connectivity index (χ0v) is 17.8. The number of hydrogen-bond acceptors (Lipinski definition) is 8. The average molecular weight is 502 g/mol. The van der Waals surface area contributed by atoms with Gasteiger partial charge in [-0.25, -0.2) is 0 Å². The number of fused-ring (bicyclic) bond motifs is 1. The fraction of sp³-hybridized carbons (Fsp3) is 0.611. The van der Waals surface area contributed by atoms with Gasteiger partial charge in [0.2, 0.25) is 5.91 Å². The summed E-state index contributed by atoms with van der Waals surface area (Å²) < 4.78 is 81.3. The Hall–Kier alpha value is -2.39. The molecule has 0 radical (unpaired) electrons. The highest BCUT2D eigenvalue weighted by Gasteiger charge is 2.35. The monoisotopic (exact) mass is 502 g/mol. The Morgan fingerprint density at radius 1 is 1.12 bits per heavy atom. The van der Waals surface area contributed by atoms with Gasteiger partial charge in [-0.05, 0) is 6.07 Å². The Balaban J connectivity index is 1.84. The van der Waals surface area contributed by atoms with Crippen LogP contribution >= 0.6 is 11.3 Å². The van der Waals surface area contributed by atoms with Gasteiger partial charge in [-0.1, -0.05) is 0 Å². The van der Waals surface area contributed by atoms with Crippen LogP contribution in [0.25, 0.3) is 10.2 Å². The van der Waals surface area contributed by atoms with Crippen molar-refractivity contribution in [2.75, 3.05) is 44.3 Å². The third-order valence-electron chi connectivity index (χ3n) is 4.68. The van der Waals surface area contributed by atoms with Gasteiger partial charge >= 0.3 is 18.4 Å². The van der Waals surface area contributed by atoms with Crippen molar-refractivity contribution in [2.24, 2.45) is 0 Å². The molecule has 3 rings (SSSR count). The quantitative estimate of drug-likeness (QED) is 0.560. The number of ether oxygens (including phenoxy) is 1. The first-order valence-corrected chi connectivity index (χ1v) is 10.5. The van der Waals surface area contributed by atoms with Gasteiger partial charge in [-0.15, -0.1) is 11.3 Å². The summed E-state index contributed by atoms with van der Waals surface area (Å²) in [5, 5.41) is 18.7. The van der Waals surface area contributed by atoms with E-state index in [1.807, 2.05) is 0 Å². The lowest BCUT2D eigenvalue weighted by molar-refractivity contribution is -0.161. The smallest absolute Gasteiger partial charge is 0.397 e. The van der Waals surface area contributed by atoms with Crippen LogP contribution in [0.5, 0.6) is 6.01 Å². The molecule has 1 aliphatic rings. The third-order valence-corrected chi connectivity index (χ3v) is 5.71. The topological polar surface area (TPSA) is 99.0 Å². The van der Waals surface area contributed by atoms with E-state index in [0.717, 1.165) is 16.2 Å². The van der Waals surface area contributed by atoms with E-state index >= 15 is 0 Å². The molecule has 2 N–H and O–H groups in total. The number of alkyl halides is 6. The number of piperazine rings is 1. The van der Waals surface area contributed by atoms with Crippen LogP contribution in [-0.2, 0) is 11.2 Å². The fourth-order valence-electron chi connectivity index (χ4n) is 3.20. The number of thiophene rings is 1. The number of amides is 1. The van der Waals surface area contributed by atoms with Crippen LogP contribution in [0.3, 0.4) is 0 Å². The zero-order valence-electron chi connectivity index (χ0n) is 17.0. The molecule has 1 fully saturated rings. The van der Waals surface area contributed by atoms with Gasteiger partial charge in [0.1, 0.15) is 29.8 Å². The highest BCUT2D eigenvalue weighted by atomic mass is 32.1. The summed E-state index contributed by atoms with van der Waals surface area (Å²) in [7, 11) is 0. The Morgan fingerprint density at radius 3 is 2.36 bits per heavy atom. The fourth-order valence-corrected chi connectivity index (χ4v) is 4.25. The van der Waals surface area contributed by atoms with Gasteiger partial charge in [0.25, 0.3) is 0 Å². The molecular weight excluding hydrogens is 482 g/mol. The predicted octanol–water partition coefficient (Wildman–Crippen LogP) is 2.13. The third kappa shape index (κ3) is 7.04. The van der Waals surface area contributed by atoms with Gasteiger partial charge < -0.3 is 24.7 Å². The molecule has 3 heterocycles. The molecular formula is C18H20F6N4O4S. The van der Waals surface area contributed by atoms with E-state index in [-0.39, 0.29) is 54.3 Å². The van der Waals surface area contributed by atoms with E-state index in [4.69, 9.17) is 9.84 Å². The van der Waals surface area contributed by atoms with E-state index in [9.17, 15) is 36.2 Å². The molecule has 0 aliphatic carbocycles. The van der Waals surface area contributed by atoms with E-state index in [1.54, 1.807) is 4.90 Å². The normalized spacial score (nSPS) is 16.4. The number of nitrogens with zero attached hydrogens (tertiary/aromatic N) is 4. The van der Waals surface area contributed by atoms with Gasteiger partial charge in [0, 0.05) is 31.1 Å². The number of carbonyl (C=O) groups excluding carboxylic acids is 1. The van der Waals surface area contributed by atoms with Gasteiger partial charge in [-0.3, -0.25) is 4.79 Å². The number of halogens is 6. The van der Waals surface area contributed by atoms with Crippen molar-refractivity contribution in [3.8, 4) is 6.01 Å². The molecule has 0 aromatic carbocycles. The lowest BCUT2D eigenvalue weighted by Gasteiger charge is -2.35. The van der Waals surface area contributed by atoms with Crippen LogP contribution in [0.2, 0.25) is 0 Å². The lowest BCUT2D eigenvalue weighted by atomic mass is 10.2. The molecule has 1 atom stereocenters. The summed E-state index contributed by atoms with van der Waals surface area (Å²) in [6.07, 6.45) is -13.0. The standard InChI is InChI=1S/C18H20F6N4O4S/c19-17(20,21)6-11-5-12-14(25-16(26-15(12)33-11)32-9-10(30)8-29)28-3-1-27(2-4-28)13(31)7-18(22,23)24/h5,10,29-30H,1-4,6-9H2/t10-/m0/s1. The average Bonchev–Trinajstić information content (AvgIpc) is 3.10. The van der Waals surface area contributed by atoms with E-state index in [2.05, 4.69) is 9.97 Å². The Morgan fingerprint density at radius 2 is 1.79 bits per heavy atom. The van der Waals surface area contributed by atoms with E-state index in [1.165, 1.54) is 6.07 Å². The van der Waals surface area contributed by atoms with Crippen LogP contribution in [-0.4, -0.2) is 88.8 Å². The minimum Gasteiger partial charge on any atom is -0.461 e. The summed E-state index contributed by atoms with van der Waals surface area (Å²) in [5.41, 5.74) is 0. The molecule has 1 saturated heterocycles. The maximum Gasteiger partial charge on any atom is 0.397 e. The maximum absolute atomic E-state index is 12.9. The summed E-state index contributed by atoms with van der Waals surface area (Å²) in [6.45, 7) is -0.809. The van der Waals surface area contributed by atoms with Gasteiger partial charge in [-0.2, -0.15) is 36.3 Å². The van der Waals surface area contributed by atoms with Crippen LogP contribution in [0.15, 0.2) is 6.07 Å². The summed E-state index contributed by atoms with van der Waals surface area (Å²) >= 11 is 0.789. The van der Waals surface area contributed by atoms with E-state index in [0.29, 0.717) is 5.39 Å². The number of anilines is 1. The second-order valence-corrected chi connectivity index (χ2v) is 8.48. The highest BCUT2D eigenvalue weighted by Crippen LogP contribution is 2.36. The molecule has 1 amide bonds. The SMILES string of the molecule is O=C(CC(F)(F)F)N1CCN(c2nc(OC[C@@H](O)CO)nc3sc(CC(F)(F)F)cc23)CC1. The largest absolute Gasteiger partial charge is 0.461 e. The molecule has 33 heavy (non-hydrogen) atoms. The van der Waals surface area contributed by atoms with Crippen LogP contribution < -0.4 is 9.64 Å². The minimum atomic E-state index is -4.62. The number of carbonyl (C=O) groups is 1. The molecule has 0 unspecified atom stereocenters. The number of hydrogen-bond donors (Lipinski definition) is 2. The summed E-state index contributed by atoms with van der Waals surface area (Å²) in [5.74, 6) is -0.846. The summed E-state index contributed by atoms with van der Waals surface area (Å²) in [4.78, 5) is 23.0. The number of aliphatic hydroxyl groups excluding tert-OH is 2. The molecule has 1 aliphatic heterocycles. The number of rotatable bonds is 7. The Bertz CT molecular complexity index is 975. The van der Waals surface area contributed by atoms with Crippen molar-refractivity contribution < 1.29 is 46.1 Å². The summed E-state index contributed by atoms with van der Waals surface area (Å²) in [6, 6.07) is 1.07. The van der Waals surface area contributed by atoms with Crippen molar-refractivity contribution in [1.29, 1.82) is 0 Å². The highest BCUT2D eigenvalue weighted by molar-refractivity contribution is 7.18. The van der Waals surface area contributed by atoms with Crippen molar-refractivity contribution in [1.82, 2.24) is 14.9 Å². The number of aromatic nitrogens is 2. The molecule has 0 saturated carbocycles. The minimum absolute atomic E-state index is 0.0143.